The van der Waals surface area contributed by atoms with Crippen LogP contribution in [0.1, 0.15) is 15.9 Å². The van der Waals surface area contributed by atoms with Crippen molar-refractivity contribution in [3.63, 3.8) is 0 Å². The van der Waals surface area contributed by atoms with E-state index in [0.29, 0.717) is 5.56 Å². The van der Waals surface area contributed by atoms with Crippen molar-refractivity contribution in [2.75, 3.05) is 13.7 Å². The van der Waals surface area contributed by atoms with E-state index in [-0.39, 0.29) is 6.61 Å². The van der Waals surface area contributed by atoms with Crippen LogP contribution in [0.5, 0.6) is 0 Å². The van der Waals surface area contributed by atoms with Crippen LogP contribution in [-0.4, -0.2) is 36.7 Å². The van der Waals surface area contributed by atoms with E-state index in [1.165, 1.54) is 7.11 Å². The van der Waals surface area contributed by atoms with Crippen LogP contribution in [0.3, 0.4) is 0 Å². The average molecular weight is 237 g/mol. The standard InChI is InChI=1S/C12H15NO4/c1-8-5-3-4-6-9(8)11(14)13-10(7-17-2)12(15)16/h3-6,10H,7H2,1-2H3,(H,13,14)(H,15,16)/t10-/m0/s1. The van der Waals surface area contributed by atoms with Gasteiger partial charge < -0.3 is 15.2 Å². The van der Waals surface area contributed by atoms with Crippen molar-refractivity contribution >= 4 is 11.9 Å². The molecule has 0 saturated heterocycles. The molecule has 5 heteroatoms. The van der Waals surface area contributed by atoms with Crippen LogP contribution in [0.2, 0.25) is 0 Å². The number of amides is 1. The number of aryl methyl sites for hydroxylation is 1. The molecule has 0 radical (unpaired) electrons. The molecule has 0 aliphatic carbocycles. The van der Waals surface area contributed by atoms with E-state index in [2.05, 4.69) is 5.32 Å². The molecule has 0 spiro atoms. The fraction of sp³-hybridized carbons (Fsp3) is 0.333. The second-order valence-electron chi connectivity index (χ2n) is 3.63. The summed E-state index contributed by atoms with van der Waals surface area (Å²) in [7, 11) is 1.38. The van der Waals surface area contributed by atoms with Gasteiger partial charge in [-0.2, -0.15) is 0 Å². The summed E-state index contributed by atoms with van der Waals surface area (Å²) < 4.78 is 4.74. The molecule has 5 nitrogen and oxygen atoms in total. The number of hydrogen-bond donors (Lipinski definition) is 2. The quantitative estimate of drug-likeness (QED) is 0.795. The van der Waals surface area contributed by atoms with Crippen molar-refractivity contribution in [1.29, 1.82) is 0 Å². The van der Waals surface area contributed by atoms with Gasteiger partial charge >= 0.3 is 5.97 Å². The predicted octanol–water partition coefficient (Wildman–Crippen LogP) is 0.824. The molecule has 1 amide bonds. The highest BCUT2D eigenvalue weighted by molar-refractivity contribution is 5.97. The summed E-state index contributed by atoms with van der Waals surface area (Å²) in [5.74, 6) is -1.53. The number of hydrogen-bond acceptors (Lipinski definition) is 3. The van der Waals surface area contributed by atoms with Gasteiger partial charge in [0.25, 0.3) is 5.91 Å². The summed E-state index contributed by atoms with van der Waals surface area (Å²) in [5.41, 5.74) is 1.27. The molecule has 0 fully saturated rings. The summed E-state index contributed by atoms with van der Waals surface area (Å²) >= 11 is 0. The molecular weight excluding hydrogens is 222 g/mol. The van der Waals surface area contributed by atoms with Gasteiger partial charge in [0, 0.05) is 12.7 Å². The molecule has 1 rings (SSSR count). The fourth-order valence-electron chi connectivity index (χ4n) is 1.41. The number of nitrogens with one attached hydrogen (secondary N) is 1. The van der Waals surface area contributed by atoms with Gasteiger partial charge in [0.05, 0.1) is 6.61 Å². The lowest BCUT2D eigenvalue weighted by molar-refractivity contribution is -0.140. The average Bonchev–Trinajstić information content (AvgIpc) is 2.28. The van der Waals surface area contributed by atoms with Crippen LogP contribution in [-0.2, 0) is 9.53 Å². The zero-order chi connectivity index (χ0) is 12.8. The number of carboxylic acids is 1. The predicted molar refractivity (Wildman–Crippen MR) is 61.9 cm³/mol. The molecule has 1 aromatic rings. The number of benzene rings is 1. The van der Waals surface area contributed by atoms with Crippen molar-refractivity contribution in [3.05, 3.63) is 35.4 Å². The van der Waals surface area contributed by atoms with Crippen LogP contribution in [0.25, 0.3) is 0 Å². The lowest BCUT2D eigenvalue weighted by Gasteiger charge is -2.14. The normalized spacial score (nSPS) is 11.9. The molecule has 0 aromatic heterocycles. The van der Waals surface area contributed by atoms with Crippen molar-refractivity contribution in [3.8, 4) is 0 Å². The minimum absolute atomic E-state index is 0.0625. The first-order valence-electron chi connectivity index (χ1n) is 5.14. The van der Waals surface area contributed by atoms with Crippen LogP contribution in [0.15, 0.2) is 24.3 Å². The summed E-state index contributed by atoms with van der Waals surface area (Å²) in [5, 5.41) is 11.3. The number of carboxylic acid groups (broad SMARTS) is 1. The first kappa shape index (κ1) is 13.2. The third-order valence-electron chi connectivity index (χ3n) is 2.33. The molecule has 2 N–H and O–H groups in total. The van der Waals surface area contributed by atoms with Gasteiger partial charge in [-0.05, 0) is 18.6 Å². The molecule has 0 unspecified atom stereocenters. The number of aliphatic carboxylic acids is 1. The molecule has 0 aliphatic heterocycles. The Bertz CT molecular complexity index is 417. The summed E-state index contributed by atoms with van der Waals surface area (Å²) in [6.45, 7) is 1.73. The molecule has 0 aliphatic rings. The first-order chi connectivity index (χ1) is 8.06. The van der Waals surface area contributed by atoms with Crippen molar-refractivity contribution in [2.24, 2.45) is 0 Å². The Morgan fingerprint density at radius 2 is 2.06 bits per heavy atom. The maximum Gasteiger partial charge on any atom is 0.328 e. The second-order valence-corrected chi connectivity index (χ2v) is 3.63. The van der Waals surface area contributed by atoms with Gasteiger partial charge in [-0.1, -0.05) is 18.2 Å². The molecule has 0 saturated carbocycles. The van der Waals surface area contributed by atoms with E-state index in [1.54, 1.807) is 25.1 Å². The molecule has 0 heterocycles. The maximum atomic E-state index is 11.8. The first-order valence-corrected chi connectivity index (χ1v) is 5.14. The lowest BCUT2D eigenvalue weighted by atomic mass is 10.1. The summed E-state index contributed by atoms with van der Waals surface area (Å²) in [6, 6.07) is 5.95. The molecule has 92 valence electrons. The van der Waals surface area contributed by atoms with Crippen LogP contribution in [0, 0.1) is 6.92 Å². The van der Waals surface area contributed by atoms with Crippen LogP contribution < -0.4 is 5.32 Å². The zero-order valence-electron chi connectivity index (χ0n) is 9.77. The van der Waals surface area contributed by atoms with E-state index in [4.69, 9.17) is 9.84 Å². The largest absolute Gasteiger partial charge is 0.480 e. The molecule has 0 bridgehead atoms. The van der Waals surface area contributed by atoms with E-state index >= 15 is 0 Å². The Morgan fingerprint density at radius 3 is 2.59 bits per heavy atom. The number of ether oxygens (including phenoxy) is 1. The third kappa shape index (κ3) is 3.57. The van der Waals surface area contributed by atoms with E-state index in [1.807, 2.05) is 6.07 Å². The van der Waals surface area contributed by atoms with Gasteiger partial charge in [-0.15, -0.1) is 0 Å². The minimum atomic E-state index is -1.12. The minimum Gasteiger partial charge on any atom is -0.480 e. The third-order valence-corrected chi connectivity index (χ3v) is 2.33. The molecule has 1 aromatic carbocycles. The highest BCUT2D eigenvalue weighted by atomic mass is 16.5. The van der Waals surface area contributed by atoms with E-state index in [9.17, 15) is 9.59 Å². The van der Waals surface area contributed by atoms with Crippen molar-refractivity contribution in [2.45, 2.75) is 13.0 Å². The van der Waals surface area contributed by atoms with E-state index in [0.717, 1.165) is 5.56 Å². The SMILES string of the molecule is COC[C@H](NC(=O)c1ccccc1C)C(=O)O. The zero-order valence-corrected chi connectivity index (χ0v) is 9.77. The molecular formula is C12H15NO4. The number of methoxy groups -OCH3 is 1. The molecule has 17 heavy (non-hydrogen) atoms. The number of rotatable bonds is 5. The van der Waals surface area contributed by atoms with Crippen LogP contribution >= 0.6 is 0 Å². The van der Waals surface area contributed by atoms with Crippen LogP contribution in [0.4, 0.5) is 0 Å². The maximum absolute atomic E-state index is 11.8. The number of carbonyl (C=O) groups excluding carboxylic acids is 1. The Balaban J connectivity index is 2.77. The molecule has 1 atom stereocenters. The monoisotopic (exact) mass is 237 g/mol. The van der Waals surface area contributed by atoms with Gasteiger partial charge in [0.1, 0.15) is 0 Å². The Kier molecular flexibility index (Phi) is 4.66. The topological polar surface area (TPSA) is 75.6 Å². The van der Waals surface area contributed by atoms with Gasteiger partial charge in [0.2, 0.25) is 0 Å². The highest BCUT2D eigenvalue weighted by Gasteiger charge is 2.20. The fourth-order valence-corrected chi connectivity index (χ4v) is 1.41. The van der Waals surface area contributed by atoms with Crippen molar-refractivity contribution < 1.29 is 19.4 Å². The summed E-state index contributed by atoms with van der Waals surface area (Å²) in [4.78, 5) is 22.7. The van der Waals surface area contributed by atoms with Gasteiger partial charge in [-0.3, -0.25) is 4.79 Å². The van der Waals surface area contributed by atoms with E-state index < -0.39 is 17.9 Å². The summed E-state index contributed by atoms with van der Waals surface area (Å²) in [6.07, 6.45) is 0. The second kappa shape index (κ2) is 6.00. The Morgan fingerprint density at radius 1 is 1.41 bits per heavy atom. The van der Waals surface area contributed by atoms with Gasteiger partial charge in [0.15, 0.2) is 6.04 Å². The number of carbonyl (C=O) groups is 2. The highest BCUT2D eigenvalue weighted by Crippen LogP contribution is 2.06. The Labute approximate surface area is 99.4 Å². The smallest absolute Gasteiger partial charge is 0.328 e. The van der Waals surface area contributed by atoms with Gasteiger partial charge in [-0.25, -0.2) is 4.79 Å². The lowest BCUT2D eigenvalue weighted by Crippen LogP contribution is -2.44. The van der Waals surface area contributed by atoms with Crippen molar-refractivity contribution in [1.82, 2.24) is 5.32 Å². The Hall–Kier alpha value is -1.88.